The fraction of sp³-hybridized carbons (Fsp3) is 0.471. The van der Waals surface area contributed by atoms with Gasteiger partial charge in [-0.25, -0.2) is 4.79 Å². The molecule has 3 aromatic carbocycles. The predicted molar refractivity (Wildman–Crippen MR) is 166 cm³/mol. The summed E-state index contributed by atoms with van der Waals surface area (Å²) in [5.41, 5.74) is 0.241. The van der Waals surface area contributed by atoms with E-state index in [1.807, 2.05) is 44.4 Å². The fourth-order valence-corrected chi connectivity index (χ4v) is 6.32. The number of nitrogens with one attached hydrogen (secondary N) is 1. The quantitative estimate of drug-likeness (QED) is 0.220. The number of halogens is 6. The molecule has 2 N–H and O–H groups in total. The van der Waals surface area contributed by atoms with Crippen LogP contribution in [0.15, 0.2) is 54.6 Å². The van der Waals surface area contributed by atoms with E-state index in [4.69, 9.17) is 4.74 Å². The Bertz CT molecular complexity index is 1570. The second kappa shape index (κ2) is 14.5. The van der Waals surface area contributed by atoms with Gasteiger partial charge in [-0.1, -0.05) is 48.5 Å². The Balaban J connectivity index is 1.65. The van der Waals surface area contributed by atoms with Crippen molar-refractivity contribution in [2.75, 3.05) is 47.4 Å². The van der Waals surface area contributed by atoms with Crippen LogP contribution in [0.4, 0.5) is 26.3 Å². The number of hydrogen-bond donors (Lipinski definition) is 2. The van der Waals surface area contributed by atoms with Crippen LogP contribution in [-0.2, 0) is 22.4 Å². The van der Waals surface area contributed by atoms with Gasteiger partial charge < -0.3 is 20.1 Å². The molecule has 1 aliphatic heterocycles. The number of carboxylic acid groups (broad SMARTS) is 1. The molecule has 0 radical (unpaired) electrons. The average molecular weight is 668 g/mol. The number of methoxy groups -OCH3 is 1. The van der Waals surface area contributed by atoms with Crippen LogP contribution in [0.25, 0.3) is 21.9 Å². The molecule has 1 amide bonds. The van der Waals surface area contributed by atoms with Gasteiger partial charge in [0.05, 0.1) is 13.7 Å². The highest BCUT2D eigenvalue weighted by molar-refractivity contribution is 6.00. The Morgan fingerprint density at radius 3 is 2.17 bits per heavy atom. The second-order valence-corrected chi connectivity index (χ2v) is 12.3. The Kier molecular flexibility index (Phi) is 11.1. The van der Waals surface area contributed by atoms with Crippen LogP contribution < -0.4 is 10.1 Å². The van der Waals surface area contributed by atoms with Gasteiger partial charge in [-0.2, -0.15) is 26.3 Å². The van der Waals surface area contributed by atoms with Crippen molar-refractivity contribution in [2.24, 2.45) is 5.41 Å². The van der Waals surface area contributed by atoms with Gasteiger partial charge in [0, 0.05) is 12.0 Å². The van der Waals surface area contributed by atoms with Crippen LogP contribution in [-0.4, -0.2) is 92.6 Å². The number of ether oxygens (including phenoxy) is 1. The number of carbonyl (C=O) groups excluding carboxylic acids is 1. The van der Waals surface area contributed by atoms with Gasteiger partial charge in [0.1, 0.15) is 17.2 Å². The molecule has 0 unspecified atom stereocenters. The summed E-state index contributed by atoms with van der Waals surface area (Å²) in [6.07, 6.45) is -10.2. The molecule has 1 saturated heterocycles. The van der Waals surface area contributed by atoms with Gasteiger partial charge in [-0.3, -0.25) is 9.69 Å². The van der Waals surface area contributed by atoms with Crippen LogP contribution in [0, 0.1) is 5.41 Å². The maximum absolute atomic E-state index is 14.4. The molecule has 1 aliphatic rings. The standard InChI is InChI=1S/C34H39F6N3O4/c1-42(2)17-7-10-22-8-5-14-28(47-3)29(22)26-13-6-11-24-23(9-4-12-25(24)26)20-27(30(44)45)41-31(46)32(34(38,39)40)15-18-43(19-16-32)21-33(35,36)37/h4-6,8-9,11-14,27H,7,10,15-21H2,1-3H3,(H,41,46)(H,44,45)/t27-/m0/s1. The van der Waals surface area contributed by atoms with Gasteiger partial charge in [-0.05, 0) is 92.9 Å². The third-order valence-corrected chi connectivity index (χ3v) is 8.78. The van der Waals surface area contributed by atoms with Crippen LogP contribution in [0.1, 0.15) is 30.4 Å². The molecule has 47 heavy (non-hydrogen) atoms. The predicted octanol–water partition coefficient (Wildman–Crippen LogP) is 6.33. The molecule has 1 heterocycles. The number of carbonyl (C=O) groups is 2. The average Bonchev–Trinajstić information content (AvgIpc) is 2.99. The number of piperidine rings is 1. The monoisotopic (exact) mass is 667 g/mol. The number of amides is 1. The normalized spacial score (nSPS) is 16.3. The first-order chi connectivity index (χ1) is 22.1. The summed E-state index contributed by atoms with van der Waals surface area (Å²) < 4.78 is 87.3. The van der Waals surface area contributed by atoms with Gasteiger partial charge in [0.2, 0.25) is 5.91 Å². The van der Waals surface area contributed by atoms with E-state index in [9.17, 15) is 41.0 Å². The lowest BCUT2D eigenvalue weighted by Gasteiger charge is -2.42. The number of aryl methyl sites for hydroxylation is 1. The van der Waals surface area contributed by atoms with Crippen LogP contribution >= 0.6 is 0 Å². The molecule has 4 rings (SSSR count). The Morgan fingerprint density at radius 2 is 1.57 bits per heavy atom. The number of hydrogen-bond acceptors (Lipinski definition) is 5. The number of benzene rings is 3. The molecule has 13 heteroatoms. The largest absolute Gasteiger partial charge is 0.496 e. The number of aliphatic carboxylic acids is 1. The van der Waals surface area contributed by atoms with E-state index in [1.54, 1.807) is 31.4 Å². The molecule has 0 aromatic heterocycles. The number of carboxylic acids is 1. The molecule has 1 fully saturated rings. The number of alkyl halides is 6. The van der Waals surface area contributed by atoms with Crippen LogP contribution in [0.5, 0.6) is 5.75 Å². The first-order valence-electron chi connectivity index (χ1n) is 15.3. The molecular weight excluding hydrogens is 628 g/mol. The molecule has 3 aromatic rings. The number of likely N-dealkylation sites (tertiary alicyclic amines) is 1. The summed E-state index contributed by atoms with van der Waals surface area (Å²) in [6.45, 7) is -1.75. The summed E-state index contributed by atoms with van der Waals surface area (Å²) in [7, 11) is 5.57. The smallest absolute Gasteiger partial charge is 0.403 e. The van der Waals surface area contributed by atoms with Crippen molar-refractivity contribution >= 4 is 22.6 Å². The van der Waals surface area contributed by atoms with Gasteiger partial charge in [-0.15, -0.1) is 0 Å². The maximum Gasteiger partial charge on any atom is 0.403 e. The molecule has 256 valence electrons. The van der Waals surface area contributed by atoms with Gasteiger partial charge in [0.15, 0.2) is 0 Å². The third kappa shape index (κ3) is 8.36. The lowest BCUT2D eigenvalue weighted by molar-refractivity contribution is -0.236. The molecule has 7 nitrogen and oxygen atoms in total. The van der Waals surface area contributed by atoms with Crippen molar-refractivity contribution in [1.82, 2.24) is 15.1 Å². The summed E-state index contributed by atoms with van der Waals surface area (Å²) >= 11 is 0. The first kappa shape index (κ1) is 36.0. The minimum absolute atomic E-state index is 0.322. The van der Waals surface area contributed by atoms with E-state index in [2.05, 4.69) is 10.2 Å². The van der Waals surface area contributed by atoms with Crippen molar-refractivity contribution in [3.05, 3.63) is 65.7 Å². The van der Waals surface area contributed by atoms with E-state index >= 15 is 0 Å². The lowest BCUT2D eigenvalue weighted by Crippen LogP contribution is -2.59. The maximum atomic E-state index is 14.4. The highest BCUT2D eigenvalue weighted by atomic mass is 19.4. The van der Waals surface area contributed by atoms with E-state index < -0.39 is 68.2 Å². The van der Waals surface area contributed by atoms with Crippen molar-refractivity contribution in [2.45, 2.75) is 50.5 Å². The minimum atomic E-state index is -5.10. The summed E-state index contributed by atoms with van der Waals surface area (Å²) in [4.78, 5) is 28.5. The molecule has 1 atom stereocenters. The van der Waals surface area contributed by atoms with E-state index in [0.717, 1.165) is 46.4 Å². The zero-order valence-corrected chi connectivity index (χ0v) is 26.5. The van der Waals surface area contributed by atoms with Crippen molar-refractivity contribution in [3.8, 4) is 16.9 Å². The van der Waals surface area contributed by atoms with E-state index in [0.29, 0.717) is 16.7 Å². The zero-order chi connectivity index (χ0) is 34.6. The Morgan fingerprint density at radius 1 is 0.957 bits per heavy atom. The molecule has 0 bridgehead atoms. The minimum Gasteiger partial charge on any atom is -0.496 e. The zero-order valence-electron chi connectivity index (χ0n) is 26.5. The van der Waals surface area contributed by atoms with Crippen molar-refractivity contribution < 1.29 is 45.8 Å². The van der Waals surface area contributed by atoms with Crippen LogP contribution in [0.2, 0.25) is 0 Å². The second-order valence-electron chi connectivity index (χ2n) is 12.3. The fourth-order valence-electron chi connectivity index (χ4n) is 6.32. The van der Waals surface area contributed by atoms with E-state index in [-0.39, 0.29) is 6.42 Å². The topological polar surface area (TPSA) is 82.1 Å². The molecule has 0 saturated carbocycles. The number of fused-ring (bicyclic) bond motifs is 1. The van der Waals surface area contributed by atoms with Crippen molar-refractivity contribution in [3.63, 3.8) is 0 Å². The van der Waals surface area contributed by atoms with E-state index in [1.165, 1.54) is 0 Å². The number of rotatable bonds is 12. The molecular formula is C34H39F6N3O4. The summed E-state index contributed by atoms with van der Waals surface area (Å²) in [5, 5.41) is 13.5. The summed E-state index contributed by atoms with van der Waals surface area (Å²) in [5.74, 6) is -2.44. The molecule has 0 aliphatic carbocycles. The van der Waals surface area contributed by atoms with Crippen molar-refractivity contribution in [1.29, 1.82) is 0 Å². The molecule has 0 spiro atoms. The highest BCUT2D eigenvalue weighted by Crippen LogP contribution is 2.47. The third-order valence-electron chi connectivity index (χ3n) is 8.78. The Hall–Kier alpha value is -3.84. The highest BCUT2D eigenvalue weighted by Gasteiger charge is 2.61. The number of nitrogens with zero attached hydrogens (tertiary/aromatic N) is 2. The first-order valence-corrected chi connectivity index (χ1v) is 15.3. The Labute approximate surface area is 269 Å². The van der Waals surface area contributed by atoms with Gasteiger partial charge >= 0.3 is 18.3 Å². The lowest BCUT2D eigenvalue weighted by atomic mass is 9.76. The SMILES string of the molecule is COc1cccc(CCCN(C)C)c1-c1cccc2c(C[C@H](NC(=O)C3(C(F)(F)F)CCN(CC(F)(F)F)CC3)C(=O)O)cccc12. The summed E-state index contributed by atoms with van der Waals surface area (Å²) in [6, 6.07) is 14.8. The van der Waals surface area contributed by atoms with Gasteiger partial charge in [0.25, 0.3) is 0 Å². The van der Waals surface area contributed by atoms with Crippen LogP contribution in [0.3, 0.4) is 0 Å².